The van der Waals surface area contributed by atoms with E-state index in [-0.39, 0.29) is 0 Å². The molecule has 2 rings (SSSR count). The van der Waals surface area contributed by atoms with Gasteiger partial charge in [0.2, 0.25) is 0 Å². The second-order valence-electron chi connectivity index (χ2n) is 2.90. The molecular formula is C10H9NS2. The summed E-state index contributed by atoms with van der Waals surface area (Å²) < 4.78 is 1.30. The molecule has 0 aliphatic carbocycles. The van der Waals surface area contributed by atoms with E-state index in [9.17, 15) is 0 Å². The number of fused-ring (bicyclic) bond motifs is 1. The Hall–Kier alpha value is -0.930. The molecule has 1 nitrogen and oxygen atoms in total. The molecule has 66 valence electrons. The number of rotatable bonds is 2. The monoisotopic (exact) mass is 207 g/mol. The summed E-state index contributed by atoms with van der Waals surface area (Å²) >= 11 is 6.63. The Morgan fingerprint density at radius 3 is 2.92 bits per heavy atom. The van der Waals surface area contributed by atoms with Crippen LogP contribution in [-0.4, -0.2) is 4.99 Å². The maximum atomic E-state index is 5.51. The van der Waals surface area contributed by atoms with Crippen molar-refractivity contribution in [1.29, 1.82) is 0 Å². The van der Waals surface area contributed by atoms with Crippen molar-refractivity contribution < 1.29 is 0 Å². The average molecular weight is 207 g/mol. The molecule has 0 atom stereocenters. The summed E-state index contributed by atoms with van der Waals surface area (Å²) in [5.41, 5.74) is 6.75. The highest BCUT2D eigenvalue weighted by Crippen LogP contribution is 2.25. The summed E-state index contributed by atoms with van der Waals surface area (Å²) in [4.78, 5) is 0.559. The molecule has 0 saturated heterocycles. The van der Waals surface area contributed by atoms with Crippen LogP contribution in [0.5, 0.6) is 0 Å². The molecule has 1 aromatic heterocycles. The van der Waals surface area contributed by atoms with Crippen molar-refractivity contribution >= 4 is 38.6 Å². The lowest BCUT2D eigenvalue weighted by Crippen LogP contribution is -2.10. The molecule has 3 heteroatoms. The van der Waals surface area contributed by atoms with Gasteiger partial charge in [-0.25, -0.2) is 0 Å². The highest BCUT2D eigenvalue weighted by molar-refractivity contribution is 7.80. The van der Waals surface area contributed by atoms with Gasteiger partial charge >= 0.3 is 0 Å². The first-order valence-electron chi connectivity index (χ1n) is 4.01. The van der Waals surface area contributed by atoms with Gasteiger partial charge in [0, 0.05) is 11.1 Å². The van der Waals surface area contributed by atoms with Gasteiger partial charge < -0.3 is 5.73 Å². The van der Waals surface area contributed by atoms with Crippen molar-refractivity contribution in [3.05, 3.63) is 35.2 Å². The first kappa shape index (κ1) is 8.66. The summed E-state index contributed by atoms with van der Waals surface area (Å²) in [5.74, 6) is 0. The zero-order valence-electron chi connectivity index (χ0n) is 6.99. The van der Waals surface area contributed by atoms with Gasteiger partial charge in [-0.1, -0.05) is 30.4 Å². The van der Waals surface area contributed by atoms with Crippen LogP contribution in [0.2, 0.25) is 0 Å². The van der Waals surface area contributed by atoms with E-state index in [1.54, 1.807) is 11.3 Å². The van der Waals surface area contributed by atoms with Gasteiger partial charge in [0.25, 0.3) is 0 Å². The first-order valence-corrected chi connectivity index (χ1v) is 5.29. The number of benzene rings is 1. The van der Waals surface area contributed by atoms with Gasteiger partial charge in [0.1, 0.15) is 0 Å². The van der Waals surface area contributed by atoms with E-state index in [4.69, 9.17) is 18.0 Å². The smallest absolute Gasteiger partial charge is 0.0772 e. The van der Waals surface area contributed by atoms with Crippen molar-refractivity contribution in [1.82, 2.24) is 0 Å². The maximum Gasteiger partial charge on any atom is 0.0772 e. The fraction of sp³-hybridized carbons (Fsp3) is 0.100. The van der Waals surface area contributed by atoms with Crippen molar-refractivity contribution in [3.63, 3.8) is 0 Å². The molecule has 1 aromatic carbocycles. The van der Waals surface area contributed by atoms with Crippen LogP contribution in [0.3, 0.4) is 0 Å². The fourth-order valence-electron chi connectivity index (χ4n) is 1.36. The Bertz CT molecular complexity index is 445. The molecule has 0 amide bonds. The standard InChI is InChI=1S/C10H9NS2/c11-10(12)5-7-6-13-9-4-2-1-3-8(7)9/h1-4,6H,5H2,(H2,11,12). The highest BCUT2D eigenvalue weighted by atomic mass is 32.1. The third-order valence-electron chi connectivity index (χ3n) is 1.93. The Morgan fingerprint density at radius 1 is 1.38 bits per heavy atom. The van der Waals surface area contributed by atoms with Crippen molar-refractivity contribution in [2.45, 2.75) is 6.42 Å². The van der Waals surface area contributed by atoms with Crippen LogP contribution in [-0.2, 0) is 6.42 Å². The third kappa shape index (κ3) is 1.71. The van der Waals surface area contributed by atoms with E-state index in [1.165, 1.54) is 15.6 Å². The van der Waals surface area contributed by atoms with Crippen LogP contribution in [0.4, 0.5) is 0 Å². The van der Waals surface area contributed by atoms with Crippen LogP contribution >= 0.6 is 23.6 Å². The zero-order valence-corrected chi connectivity index (χ0v) is 8.62. The van der Waals surface area contributed by atoms with Crippen LogP contribution < -0.4 is 5.73 Å². The summed E-state index contributed by atoms with van der Waals surface area (Å²) in [6.45, 7) is 0. The topological polar surface area (TPSA) is 26.0 Å². The van der Waals surface area contributed by atoms with Crippen LogP contribution in [0.25, 0.3) is 10.1 Å². The van der Waals surface area contributed by atoms with Gasteiger partial charge in [-0.05, 0) is 22.4 Å². The van der Waals surface area contributed by atoms with Crippen LogP contribution in [0.15, 0.2) is 29.6 Å². The summed E-state index contributed by atoms with van der Waals surface area (Å²) in [7, 11) is 0. The molecule has 0 saturated carbocycles. The van der Waals surface area contributed by atoms with E-state index in [2.05, 4.69) is 17.5 Å². The normalized spacial score (nSPS) is 10.5. The number of nitrogens with two attached hydrogens (primary N) is 1. The lowest BCUT2D eigenvalue weighted by Gasteiger charge is -1.95. The van der Waals surface area contributed by atoms with Crippen molar-refractivity contribution in [2.75, 3.05) is 0 Å². The number of hydrogen-bond donors (Lipinski definition) is 1. The van der Waals surface area contributed by atoms with Gasteiger partial charge in [-0.3, -0.25) is 0 Å². The quantitative estimate of drug-likeness (QED) is 0.766. The Morgan fingerprint density at radius 2 is 2.15 bits per heavy atom. The van der Waals surface area contributed by atoms with Gasteiger partial charge in [0.05, 0.1) is 4.99 Å². The molecule has 0 unspecified atom stereocenters. The average Bonchev–Trinajstić information content (AvgIpc) is 2.48. The second-order valence-corrected chi connectivity index (χ2v) is 4.34. The lowest BCUT2D eigenvalue weighted by molar-refractivity contribution is 1.39. The first-order chi connectivity index (χ1) is 6.27. The molecule has 2 N–H and O–H groups in total. The minimum absolute atomic E-state index is 0.559. The summed E-state index contributed by atoms with van der Waals surface area (Å²) in [5, 5.41) is 3.41. The summed E-state index contributed by atoms with van der Waals surface area (Å²) in [6.07, 6.45) is 0.708. The fourth-order valence-corrected chi connectivity index (χ4v) is 2.48. The van der Waals surface area contributed by atoms with E-state index in [1.807, 2.05) is 12.1 Å². The predicted octanol–water partition coefficient (Wildman–Crippen LogP) is 2.73. The van der Waals surface area contributed by atoms with Crippen LogP contribution in [0.1, 0.15) is 5.56 Å². The summed E-state index contributed by atoms with van der Waals surface area (Å²) in [6, 6.07) is 8.31. The molecule has 0 aliphatic rings. The highest BCUT2D eigenvalue weighted by Gasteiger charge is 2.03. The molecular weight excluding hydrogens is 198 g/mol. The molecule has 13 heavy (non-hydrogen) atoms. The van der Waals surface area contributed by atoms with Crippen LogP contribution in [0, 0.1) is 0 Å². The SMILES string of the molecule is NC(=S)Cc1csc2ccccc12. The Labute approximate surface area is 86.2 Å². The van der Waals surface area contributed by atoms with Gasteiger partial charge in [-0.2, -0.15) is 0 Å². The minimum atomic E-state index is 0.559. The van der Waals surface area contributed by atoms with E-state index < -0.39 is 0 Å². The van der Waals surface area contributed by atoms with E-state index in [0.29, 0.717) is 11.4 Å². The molecule has 0 aliphatic heterocycles. The van der Waals surface area contributed by atoms with Crippen molar-refractivity contribution in [3.8, 4) is 0 Å². The number of hydrogen-bond acceptors (Lipinski definition) is 2. The molecule has 0 bridgehead atoms. The van der Waals surface area contributed by atoms with Crippen molar-refractivity contribution in [2.24, 2.45) is 5.73 Å². The Kier molecular flexibility index (Phi) is 2.29. The molecule has 1 heterocycles. The molecule has 0 fully saturated rings. The van der Waals surface area contributed by atoms with Gasteiger partial charge in [-0.15, -0.1) is 11.3 Å². The molecule has 2 aromatic rings. The molecule has 0 spiro atoms. The largest absolute Gasteiger partial charge is 0.393 e. The predicted molar refractivity (Wildman–Crippen MR) is 62.3 cm³/mol. The lowest BCUT2D eigenvalue weighted by atomic mass is 10.1. The van der Waals surface area contributed by atoms with E-state index in [0.717, 1.165) is 0 Å². The van der Waals surface area contributed by atoms with Gasteiger partial charge in [0.15, 0.2) is 0 Å². The maximum absolute atomic E-state index is 5.51. The minimum Gasteiger partial charge on any atom is -0.393 e. The zero-order chi connectivity index (χ0) is 9.26. The Balaban J connectivity index is 2.51. The van der Waals surface area contributed by atoms with E-state index >= 15 is 0 Å². The number of thiocarbonyl (C=S) groups is 1. The third-order valence-corrected chi connectivity index (χ3v) is 3.08. The second kappa shape index (κ2) is 3.44. The number of thiophene rings is 1. The molecule has 0 radical (unpaired) electrons.